The van der Waals surface area contributed by atoms with E-state index < -0.39 is 5.54 Å². The number of anilines is 1. The third kappa shape index (κ3) is 4.11. The lowest BCUT2D eigenvalue weighted by Crippen LogP contribution is -2.38. The molecular weight excluding hydrogens is 406 g/mol. The van der Waals surface area contributed by atoms with Crippen LogP contribution in [0.4, 0.5) is 5.13 Å². The smallest absolute Gasteiger partial charge is 0.259 e. The Morgan fingerprint density at radius 3 is 1.81 bits per heavy atom. The second-order valence-corrected chi connectivity index (χ2v) is 7.59. The van der Waals surface area contributed by atoms with E-state index >= 15 is 0 Å². The molecule has 1 radical (unpaired) electrons. The number of nitrogens with zero attached hydrogens (tertiary/aromatic N) is 2. The van der Waals surface area contributed by atoms with Crippen molar-refractivity contribution in [2.75, 3.05) is 12.4 Å². The summed E-state index contributed by atoms with van der Waals surface area (Å²) in [6, 6.07) is 30.7. The van der Waals surface area contributed by atoms with Crippen LogP contribution in [0.2, 0.25) is 0 Å². The Balaban J connectivity index is 1.90. The summed E-state index contributed by atoms with van der Waals surface area (Å²) >= 11 is 1.39. The molecule has 0 saturated heterocycles. The van der Waals surface area contributed by atoms with Crippen molar-refractivity contribution in [2.45, 2.75) is 5.54 Å². The Morgan fingerprint density at radius 1 is 0.903 bits per heavy atom. The highest BCUT2D eigenvalue weighted by Crippen LogP contribution is 2.40. The second-order valence-electron chi connectivity index (χ2n) is 6.74. The van der Waals surface area contributed by atoms with Gasteiger partial charge in [0.2, 0.25) is 0 Å². The molecule has 4 rings (SSSR count). The summed E-state index contributed by atoms with van der Waals surface area (Å²) in [7, 11) is 1.38. The second kappa shape index (κ2) is 9.36. The molecule has 0 aliphatic heterocycles. The largest absolute Gasteiger partial charge is 0.398 e. The van der Waals surface area contributed by atoms with Crippen molar-refractivity contribution >= 4 is 28.5 Å². The quantitative estimate of drug-likeness (QED) is 0.244. The molecule has 1 N–H and O–H groups in total. The van der Waals surface area contributed by atoms with Crippen LogP contribution in [0.15, 0.2) is 102 Å². The fraction of sp³-hybridized carbons (Fsp3) is 0.0800. The number of hydrogen-bond donors (Lipinski definition) is 1. The van der Waals surface area contributed by atoms with Gasteiger partial charge in [-0.15, -0.1) is 11.3 Å². The molecule has 5 nitrogen and oxygen atoms in total. The SMILES string of the molecule is CON=C([C]=O)c1csc(NC(c2ccccc2)(c2ccccc2)c2ccccc2)n1. The van der Waals surface area contributed by atoms with E-state index in [0.717, 1.165) is 16.7 Å². The monoisotopic (exact) mass is 426 g/mol. The topological polar surface area (TPSA) is 63.6 Å². The van der Waals surface area contributed by atoms with Gasteiger partial charge in [0.25, 0.3) is 6.29 Å². The summed E-state index contributed by atoms with van der Waals surface area (Å²) in [5.41, 5.74) is 2.94. The van der Waals surface area contributed by atoms with E-state index in [4.69, 9.17) is 4.84 Å². The molecule has 31 heavy (non-hydrogen) atoms. The number of hydrogen-bond acceptors (Lipinski definition) is 6. The van der Waals surface area contributed by atoms with Gasteiger partial charge >= 0.3 is 0 Å². The van der Waals surface area contributed by atoms with Gasteiger partial charge in [0, 0.05) is 5.38 Å². The van der Waals surface area contributed by atoms with Gasteiger partial charge in [0.1, 0.15) is 18.3 Å². The lowest BCUT2D eigenvalue weighted by atomic mass is 9.77. The zero-order chi connectivity index (χ0) is 21.5. The van der Waals surface area contributed by atoms with Crippen molar-refractivity contribution in [2.24, 2.45) is 5.16 Å². The van der Waals surface area contributed by atoms with Crippen LogP contribution in [-0.2, 0) is 15.2 Å². The predicted molar refractivity (Wildman–Crippen MR) is 124 cm³/mol. The van der Waals surface area contributed by atoms with Crippen LogP contribution < -0.4 is 5.32 Å². The Labute approximate surface area is 185 Å². The number of carbonyl (C=O) groups excluding carboxylic acids is 1. The predicted octanol–water partition coefficient (Wildman–Crippen LogP) is 5.01. The summed E-state index contributed by atoms with van der Waals surface area (Å²) in [5, 5.41) is 9.78. The van der Waals surface area contributed by atoms with Gasteiger partial charge in [-0.3, -0.25) is 4.79 Å². The molecule has 0 saturated carbocycles. The summed E-state index contributed by atoms with van der Waals surface area (Å²) in [4.78, 5) is 20.6. The van der Waals surface area contributed by atoms with Crippen molar-refractivity contribution < 1.29 is 9.63 Å². The third-order valence-corrected chi connectivity index (χ3v) is 5.70. The lowest BCUT2D eigenvalue weighted by Gasteiger charge is -2.36. The van der Waals surface area contributed by atoms with Crippen molar-refractivity contribution in [3.05, 3.63) is 119 Å². The maximum atomic E-state index is 11.3. The molecule has 0 aliphatic rings. The van der Waals surface area contributed by atoms with Gasteiger partial charge in [-0.05, 0) is 16.7 Å². The number of benzene rings is 3. The Kier molecular flexibility index (Phi) is 6.19. The Bertz CT molecular complexity index is 1060. The fourth-order valence-corrected chi connectivity index (χ4v) is 4.34. The fourth-order valence-electron chi connectivity index (χ4n) is 3.59. The third-order valence-electron chi connectivity index (χ3n) is 4.94. The van der Waals surface area contributed by atoms with Gasteiger partial charge in [0.15, 0.2) is 10.8 Å². The van der Waals surface area contributed by atoms with Crippen LogP contribution in [0.3, 0.4) is 0 Å². The van der Waals surface area contributed by atoms with E-state index in [1.807, 2.05) is 54.6 Å². The van der Waals surface area contributed by atoms with E-state index in [2.05, 4.69) is 51.9 Å². The summed E-state index contributed by atoms with van der Waals surface area (Å²) in [6.45, 7) is 0. The molecule has 0 fully saturated rings. The minimum Gasteiger partial charge on any atom is -0.398 e. The lowest BCUT2D eigenvalue weighted by molar-refractivity contribution is 0.214. The Morgan fingerprint density at radius 2 is 1.39 bits per heavy atom. The zero-order valence-corrected chi connectivity index (χ0v) is 17.7. The van der Waals surface area contributed by atoms with Crippen molar-refractivity contribution in [3.63, 3.8) is 0 Å². The molecule has 0 amide bonds. The van der Waals surface area contributed by atoms with Gasteiger partial charge in [-0.2, -0.15) is 0 Å². The number of rotatable bonds is 8. The van der Waals surface area contributed by atoms with Gasteiger partial charge in [-0.1, -0.05) is 96.2 Å². The molecule has 0 atom stereocenters. The highest BCUT2D eigenvalue weighted by molar-refractivity contribution is 7.14. The molecule has 6 heteroatoms. The van der Waals surface area contributed by atoms with Crippen molar-refractivity contribution in [3.8, 4) is 0 Å². The highest BCUT2D eigenvalue weighted by atomic mass is 32.1. The number of nitrogens with one attached hydrogen (secondary N) is 1. The standard InChI is InChI=1S/C25H20N3O2S/c1-30-28-22(17-29)23-18-31-24(26-23)27-25(19-11-5-2-6-12-19,20-13-7-3-8-14-20)21-15-9-4-10-16-21/h2-16,18H,1H3,(H,26,27). The maximum Gasteiger partial charge on any atom is 0.259 e. The minimum atomic E-state index is -0.692. The van der Waals surface area contributed by atoms with Crippen LogP contribution in [0.25, 0.3) is 0 Å². The van der Waals surface area contributed by atoms with Crippen LogP contribution in [0.5, 0.6) is 0 Å². The molecule has 3 aromatic carbocycles. The minimum absolute atomic E-state index is 0.0246. The molecule has 4 aromatic rings. The molecule has 0 aliphatic carbocycles. The van der Waals surface area contributed by atoms with Crippen LogP contribution in [0.1, 0.15) is 22.4 Å². The summed E-state index contributed by atoms with van der Waals surface area (Å²) in [5.74, 6) is 0. The number of thiazole rings is 1. The summed E-state index contributed by atoms with van der Waals surface area (Å²) < 4.78 is 0. The van der Waals surface area contributed by atoms with Gasteiger partial charge in [-0.25, -0.2) is 4.98 Å². The van der Waals surface area contributed by atoms with E-state index in [1.165, 1.54) is 18.4 Å². The maximum absolute atomic E-state index is 11.3. The average Bonchev–Trinajstić information content (AvgIpc) is 3.31. The Hall–Kier alpha value is -3.77. The first-order valence-corrected chi connectivity index (χ1v) is 10.6. The number of oxime groups is 1. The first kappa shape index (κ1) is 20.5. The van der Waals surface area contributed by atoms with Gasteiger partial charge in [0.05, 0.1) is 0 Å². The van der Waals surface area contributed by atoms with Crippen LogP contribution >= 0.6 is 11.3 Å². The van der Waals surface area contributed by atoms with E-state index in [9.17, 15) is 4.79 Å². The van der Waals surface area contributed by atoms with Crippen molar-refractivity contribution in [1.29, 1.82) is 0 Å². The van der Waals surface area contributed by atoms with E-state index in [1.54, 1.807) is 11.7 Å². The highest BCUT2D eigenvalue weighted by Gasteiger charge is 2.37. The average molecular weight is 427 g/mol. The van der Waals surface area contributed by atoms with E-state index in [-0.39, 0.29) is 5.71 Å². The molecule has 0 spiro atoms. The van der Waals surface area contributed by atoms with Crippen molar-refractivity contribution in [1.82, 2.24) is 4.98 Å². The van der Waals surface area contributed by atoms with Crippen LogP contribution in [0, 0.1) is 0 Å². The normalized spacial score (nSPS) is 11.7. The molecule has 0 bridgehead atoms. The zero-order valence-electron chi connectivity index (χ0n) is 16.9. The number of aromatic nitrogens is 1. The molecular formula is C25H20N3O2S. The molecule has 0 unspecified atom stereocenters. The summed E-state index contributed by atoms with van der Waals surface area (Å²) in [6.07, 6.45) is 1.78. The van der Waals surface area contributed by atoms with Gasteiger partial charge < -0.3 is 10.2 Å². The first-order valence-electron chi connectivity index (χ1n) is 9.68. The molecule has 153 valence electrons. The molecule has 1 heterocycles. The van der Waals surface area contributed by atoms with Crippen LogP contribution in [-0.4, -0.2) is 24.1 Å². The van der Waals surface area contributed by atoms with E-state index in [0.29, 0.717) is 10.8 Å². The first-order chi connectivity index (χ1) is 15.3. The molecule has 1 aromatic heterocycles.